The van der Waals surface area contributed by atoms with E-state index in [1.807, 2.05) is 4.90 Å². The first kappa shape index (κ1) is 16.8. The first-order valence-corrected chi connectivity index (χ1v) is 8.32. The van der Waals surface area contributed by atoms with Gasteiger partial charge in [0.2, 0.25) is 0 Å². The van der Waals surface area contributed by atoms with Gasteiger partial charge >= 0.3 is 5.97 Å². The third-order valence-corrected chi connectivity index (χ3v) is 5.68. The summed E-state index contributed by atoms with van der Waals surface area (Å²) in [5, 5.41) is 9.79. The van der Waals surface area contributed by atoms with Crippen LogP contribution in [-0.4, -0.2) is 41.4 Å². The Balaban J connectivity index is 1.88. The van der Waals surface area contributed by atoms with Gasteiger partial charge in [0.15, 0.2) is 0 Å². The second-order valence-electron chi connectivity index (χ2n) is 6.95. The van der Waals surface area contributed by atoms with Crippen molar-refractivity contribution in [2.24, 2.45) is 11.3 Å². The van der Waals surface area contributed by atoms with Crippen molar-refractivity contribution in [3.63, 3.8) is 0 Å². The molecule has 128 valence electrons. The second kappa shape index (κ2) is 6.48. The second-order valence-corrected chi connectivity index (χ2v) is 6.95. The van der Waals surface area contributed by atoms with Crippen LogP contribution in [0, 0.1) is 17.2 Å². The van der Waals surface area contributed by atoms with Crippen LogP contribution in [0.15, 0.2) is 36.9 Å². The molecule has 5 heteroatoms. The molecule has 1 aliphatic heterocycles. The van der Waals surface area contributed by atoms with Gasteiger partial charge in [-0.15, -0.1) is 6.58 Å². The number of hydrogen-bond acceptors (Lipinski definition) is 3. The van der Waals surface area contributed by atoms with Crippen molar-refractivity contribution >= 4 is 12.3 Å². The molecule has 0 spiro atoms. The van der Waals surface area contributed by atoms with Gasteiger partial charge in [0.05, 0.1) is 0 Å². The monoisotopic (exact) mass is 331 g/mol. The zero-order valence-corrected chi connectivity index (χ0v) is 13.5. The van der Waals surface area contributed by atoms with Crippen LogP contribution < -0.4 is 0 Å². The number of halogens is 1. The van der Waals surface area contributed by atoms with Gasteiger partial charge in [0.25, 0.3) is 0 Å². The van der Waals surface area contributed by atoms with E-state index in [4.69, 9.17) is 0 Å². The molecule has 3 rings (SSSR count). The van der Waals surface area contributed by atoms with Crippen LogP contribution in [-0.2, 0) is 9.59 Å². The van der Waals surface area contributed by atoms with E-state index < -0.39 is 17.4 Å². The minimum absolute atomic E-state index is 0.179. The number of aldehydes is 1. The molecule has 1 aromatic carbocycles. The van der Waals surface area contributed by atoms with Crippen LogP contribution >= 0.6 is 0 Å². The van der Waals surface area contributed by atoms with Crippen molar-refractivity contribution in [3.8, 4) is 0 Å². The lowest BCUT2D eigenvalue weighted by molar-refractivity contribution is -0.149. The minimum atomic E-state index is -0.876. The fraction of sp³-hybridized carbons (Fsp3) is 0.474. The van der Waals surface area contributed by atoms with Crippen molar-refractivity contribution in [3.05, 3.63) is 48.3 Å². The van der Waals surface area contributed by atoms with Crippen LogP contribution in [0.5, 0.6) is 0 Å². The Hall–Kier alpha value is -2.01. The molecule has 0 amide bonds. The molecule has 24 heavy (non-hydrogen) atoms. The fourth-order valence-corrected chi connectivity index (χ4v) is 4.24. The van der Waals surface area contributed by atoms with E-state index in [0.29, 0.717) is 13.1 Å². The summed E-state index contributed by atoms with van der Waals surface area (Å²) in [5.41, 5.74) is 0.329. The van der Waals surface area contributed by atoms with Crippen LogP contribution in [0.25, 0.3) is 0 Å². The highest BCUT2D eigenvalue weighted by Crippen LogP contribution is 2.48. The number of aliphatic carboxylic acids is 1. The number of carboxylic acid groups (broad SMARTS) is 1. The molecular formula is C19H22FNO3. The summed E-state index contributed by atoms with van der Waals surface area (Å²) in [7, 11) is 0. The molecule has 2 fully saturated rings. The quantitative estimate of drug-likeness (QED) is 0.643. The van der Waals surface area contributed by atoms with Crippen molar-refractivity contribution in [2.45, 2.75) is 31.2 Å². The number of carboxylic acids is 1. The Bertz CT molecular complexity index is 656. The lowest BCUT2D eigenvalue weighted by atomic mass is 9.63. The fourth-order valence-electron chi connectivity index (χ4n) is 4.24. The molecule has 3 atom stereocenters. The number of rotatable bonds is 6. The maximum atomic E-state index is 13.5. The number of benzene rings is 1. The predicted molar refractivity (Wildman–Crippen MR) is 88.2 cm³/mol. The van der Waals surface area contributed by atoms with E-state index in [-0.39, 0.29) is 17.7 Å². The topological polar surface area (TPSA) is 57.6 Å². The lowest BCUT2D eigenvalue weighted by Crippen LogP contribution is -2.54. The Morgan fingerprint density at radius 1 is 1.42 bits per heavy atom. The van der Waals surface area contributed by atoms with Gasteiger partial charge in [0, 0.05) is 30.3 Å². The number of likely N-dealkylation sites (tertiary alicyclic amines) is 1. The molecule has 0 bridgehead atoms. The molecule has 1 N–H and O–H groups in total. The summed E-state index contributed by atoms with van der Waals surface area (Å²) in [4.78, 5) is 25.3. The van der Waals surface area contributed by atoms with E-state index in [0.717, 1.165) is 31.1 Å². The summed E-state index contributed by atoms with van der Waals surface area (Å²) in [6.45, 7) is 4.68. The highest BCUT2D eigenvalue weighted by atomic mass is 19.1. The van der Waals surface area contributed by atoms with E-state index in [2.05, 4.69) is 6.58 Å². The van der Waals surface area contributed by atoms with Crippen LogP contribution in [0.2, 0.25) is 0 Å². The van der Waals surface area contributed by atoms with Gasteiger partial charge in [0.1, 0.15) is 18.1 Å². The zero-order chi connectivity index (χ0) is 17.3. The Morgan fingerprint density at radius 3 is 2.67 bits per heavy atom. The molecule has 1 saturated carbocycles. The van der Waals surface area contributed by atoms with Gasteiger partial charge in [-0.05, 0) is 30.5 Å². The molecule has 4 nitrogen and oxygen atoms in total. The maximum Gasteiger partial charge on any atom is 0.321 e. The maximum absolute atomic E-state index is 13.5. The Kier molecular flexibility index (Phi) is 4.54. The number of nitrogens with zero attached hydrogens (tertiary/aromatic N) is 1. The summed E-state index contributed by atoms with van der Waals surface area (Å²) in [6.07, 6.45) is 5.24. The standard InChI is InChI=1S/C19H22FNO3/c1-2-19(7-4-8-19)17(18(23)24)21-10-14(12-22)16(11-21)13-5-3-6-15(20)9-13/h2-3,5-6,9,12,14,16-17H,1,4,7-8,10-11H2,(H,23,24)/t14-,16-,17+/m1/s1. The molecule has 1 aromatic rings. The van der Waals surface area contributed by atoms with E-state index in [1.165, 1.54) is 12.1 Å². The molecule has 0 unspecified atom stereocenters. The summed E-state index contributed by atoms with van der Waals surface area (Å²) < 4.78 is 13.5. The number of carbonyl (C=O) groups excluding carboxylic acids is 1. The average Bonchev–Trinajstić information content (AvgIpc) is 2.94. The average molecular weight is 331 g/mol. The first-order valence-electron chi connectivity index (χ1n) is 8.32. The highest BCUT2D eigenvalue weighted by Gasteiger charge is 2.51. The van der Waals surface area contributed by atoms with E-state index >= 15 is 0 Å². The summed E-state index contributed by atoms with van der Waals surface area (Å²) in [6, 6.07) is 5.56. The van der Waals surface area contributed by atoms with Crippen molar-refractivity contribution in [1.29, 1.82) is 0 Å². The molecule has 1 heterocycles. The van der Waals surface area contributed by atoms with Crippen LogP contribution in [0.3, 0.4) is 0 Å². The molecule has 2 aliphatic rings. The normalized spacial score (nSPS) is 27.2. The van der Waals surface area contributed by atoms with Gasteiger partial charge in [-0.2, -0.15) is 0 Å². The zero-order valence-electron chi connectivity index (χ0n) is 13.5. The Morgan fingerprint density at radius 2 is 2.17 bits per heavy atom. The third-order valence-electron chi connectivity index (χ3n) is 5.68. The lowest BCUT2D eigenvalue weighted by Gasteiger charge is -2.47. The SMILES string of the molecule is C=CC1([C@H](C(=O)O)N2C[C@H](c3cccc(F)c3)[C@@H](C=O)C2)CCC1. The van der Waals surface area contributed by atoms with Crippen LogP contribution in [0.1, 0.15) is 30.7 Å². The predicted octanol–water partition coefficient (Wildman–Crippen LogP) is 2.85. The molecular weight excluding hydrogens is 309 g/mol. The number of carbonyl (C=O) groups is 2. The molecule has 1 saturated heterocycles. The summed E-state index contributed by atoms with van der Waals surface area (Å²) >= 11 is 0. The van der Waals surface area contributed by atoms with Crippen molar-refractivity contribution < 1.29 is 19.1 Å². The highest BCUT2D eigenvalue weighted by molar-refractivity contribution is 5.76. The van der Waals surface area contributed by atoms with Gasteiger partial charge in [-0.1, -0.05) is 24.6 Å². The van der Waals surface area contributed by atoms with Crippen molar-refractivity contribution in [1.82, 2.24) is 4.90 Å². The number of hydrogen-bond donors (Lipinski definition) is 1. The minimum Gasteiger partial charge on any atom is -0.480 e. The van der Waals surface area contributed by atoms with Gasteiger partial charge in [-0.25, -0.2) is 4.39 Å². The molecule has 1 aliphatic carbocycles. The third kappa shape index (κ3) is 2.77. The smallest absolute Gasteiger partial charge is 0.321 e. The van der Waals surface area contributed by atoms with Gasteiger partial charge < -0.3 is 9.90 Å². The van der Waals surface area contributed by atoms with E-state index in [9.17, 15) is 19.1 Å². The van der Waals surface area contributed by atoms with Crippen LogP contribution in [0.4, 0.5) is 4.39 Å². The first-order chi connectivity index (χ1) is 11.5. The van der Waals surface area contributed by atoms with E-state index in [1.54, 1.807) is 18.2 Å². The summed E-state index contributed by atoms with van der Waals surface area (Å²) in [5.74, 6) is -1.72. The Labute approximate surface area is 141 Å². The molecule has 0 radical (unpaired) electrons. The van der Waals surface area contributed by atoms with Crippen molar-refractivity contribution in [2.75, 3.05) is 13.1 Å². The van der Waals surface area contributed by atoms with Gasteiger partial charge in [-0.3, -0.25) is 9.69 Å². The largest absolute Gasteiger partial charge is 0.480 e. The molecule has 0 aromatic heterocycles.